The Labute approximate surface area is 314 Å². The van der Waals surface area contributed by atoms with Gasteiger partial charge in [0.25, 0.3) is 0 Å². The van der Waals surface area contributed by atoms with Gasteiger partial charge in [-0.15, -0.1) is 0 Å². The summed E-state index contributed by atoms with van der Waals surface area (Å²) < 4.78 is 42.3. The van der Waals surface area contributed by atoms with Gasteiger partial charge in [-0.1, -0.05) is 62.2 Å². The van der Waals surface area contributed by atoms with Crippen LogP contribution < -0.4 is 15.4 Å². The topological polar surface area (TPSA) is 202 Å². The highest BCUT2D eigenvalue weighted by Crippen LogP contribution is 2.53. The van der Waals surface area contributed by atoms with Crippen LogP contribution in [0.3, 0.4) is 0 Å². The molecular weight excluding hydrogens is 739 g/mol. The van der Waals surface area contributed by atoms with Gasteiger partial charge in [0.05, 0.1) is 42.1 Å². The molecule has 3 aromatic carbocycles. The highest BCUT2D eigenvalue weighted by atomic mass is 35.5. The number of amides is 1. The molecule has 53 heavy (non-hydrogen) atoms. The molecule has 0 aliphatic carbocycles. The van der Waals surface area contributed by atoms with Crippen molar-refractivity contribution in [3.63, 3.8) is 0 Å². The van der Waals surface area contributed by atoms with E-state index in [-0.39, 0.29) is 44.6 Å². The minimum absolute atomic E-state index is 0.0279. The Morgan fingerprint density at radius 1 is 1.04 bits per heavy atom. The van der Waals surface area contributed by atoms with E-state index in [1.807, 2.05) is 20.8 Å². The highest BCUT2D eigenvalue weighted by molar-refractivity contribution is 6.31. The van der Waals surface area contributed by atoms with Gasteiger partial charge in [0.15, 0.2) is 0 Å². The molecule has 16 heteroatoms. The number of carbonyl (C=O) groups excluding carboxylic acids is 2. The standard InChI is InChI=1S/C37H41Cl2F2N3O9/c1-36(2,3)14-28-37(17-42,21-10-9-19(38)13-23(21)40)29(20-6-5-7-22(39)30(20)41)31(44-28)34(50)43-24-11-8-18(12-27(24)52-4)35(51)53-16-26(47)33(49)32(48)25(46)15-45/h5-13,25-26,28-29,31-33,44-49H,14-16H2,1-4H3,(H,43,50)/t25-,26+,28+,29+,31-,32-,33-,37+/m1/s1. The summed E-state index contributed by atoms with van der Waals surface area (Å²) in [6.45, 7) is 4.03. The second kappa shape index (κ2) is 17.0. The number of nitriles is 1. The second-order valence-electron chi connectivity index (χ2n) is 14.0. The number of hydrogen-bond donors (Lipinski definition) is 7. The molecular formula is C37H41Cl2F2N3O9. The highest BCUT2D eigenvalue weighted by Gasteiger charge is 2.61. The van der Waals surface area contributed by atoms with E-state index in [9.17, 15) is 35.3 Å². The molecule has 4 rings (SSSR count). The number of nitrogens with one attached hydrogen (secondary N) is 2. The van der Waals surface area contributed by atoms with Crippen LogP contribution in [0.2, 0.25) is 10.0 Å². The molecule has 0 saturated carbocycles. The van der Waals surface area contributed by atoms with Gasteiger partial charge in [0.1, 0.15) is 53.8 Å². The number of carbonyl (C=O) groups is 2. The van der Waals surface area contributed by atoms with E-state index in [4.69, 9.17) is 37.8 Å². The lowest BCUT2D eigenvalue weighted by molar-refractivity contribution is -0.124. The molecule has 8 atom stereocenters. The molecule has 0 radical (unpaired) electrons. The fourth-order valence-electron chi connectivity index (χ4n) is 6.59. The van der Waals surface area contributed by atoms with Crippen LogP contribution in [0.15, 0.2) is 54.6 Å². The third kappa shape index (κ3) is 8.91. The number of ether oxygens (including phenoxy) is 2. The van der Waals surface area contributed by atoms with Crippen molar-refractivity contribution in [3.8, 4) is 11.8 Å². The lowest BCUT2D eigenvalue weighted by Gasteiger charge is -2.37. The summed E-state index contributed by atoms with van der Waals surface area (Å²) in [7, 11) is 1.26. The fraction of sp³-hybridized carbons (Fsp3) is 0.432. The SMILES string of the molecule is COc1cc(C(=O)OC[C@H](O)[C@@H](O)[C@H](O)[C@H](O)CO)ccc1NC(=O)[C@@H]1N[C@@H](CC(C)(C)C)[C@](C#N)(c2ccc(Cl)cc2F)[C@H]1c1cccc(Cl)c1F. The number of anilines is 1. The summed E-state index contributed by atoms with van der Waals surface area (Å²) >= 11 is 12.3. The molecule has 0 bridgehead atoms. The zero-order chi connectivity index (χ0) is 39.4. The maximum Gasteiger partial charge on any atom is 0.338 e. The first kappa shape index (κ1) is 41.8. The number of hydrogen-bond acceptors (Lipinski definition) is 11. The minimum Gasteiger partial charge on any atom is -0.495 e. The maximum atomic E-state index is 16.0. The molecule has 1 aliphatic rings. The third-order valence-corrected chi connectivity index (χ3v) is 9.66. The van der Waals surface area contributed by atoms with Crippen molar-refractivity contribution in [2.45, 2.75) is 75.0 Å². The molecule has 286 valence electrons. The van der Waals surface area contributed by atoms with Crippen molar-refractivity contribution in [1.82, 2.24) is 5.32 Å². The molecule has 1 heterocycles. The number of halogens is 4. The first-order valence-electron chi connectivity index (χ1n) is 16.5. The number of aliphatic hydroxyl groups is 5. The van der Waals surface area contributed by atoms with Crippen LogP contribution in [0.5, 0.6) is 5.75 Å². The summed E-state index contributed by atoms with van der Waals surface area (Å²) in [6, 6.07) is 11.8. The molecule has 3 aromatic rings. The molecule has 7 N–H and O–H groups in total. The summed E-state index contributed by atoms with van der Waals surface area (Å²) in [5, 5.41) is 65.1. The van der Waals surface area contributed by atoms with Crippen LogP contribution in [-0.2, 0) is 14.9 Å². The number of rotatable bonds is 13. The van der Waals surface area contributed by atoms with Crippen molar-refractivity contribution in [3.05, 3.63) is 93.0 Å². The summed E-state index contributed by atoms with van der Waals surface area (Å²) in [4.78, 5) is 27.1. The van der Waals surface area contributed by atoms with Crippen LogP contribution in [0.4, 0.5) is 14.5 Å². The van der Waals surface area contributed by atoms with Crippen LogP contribution in [-0.4, -0.2) is 94.2 Å². The van der Waals surface area contributed by atoms with Gasteiger partial charge in [-0.2, -0.15) is 5.26 Å². The predicted octanol–water partition coefficient (Wildman–Crippen LogP) is 3.83. The van der Waals surface area contributed by atoms with Crippen molar-refractivity contribution < 1.29 is 53.4 Å². The Bertz CT molecular complexity index is 1860. The van der Waals surface area contributed by atoms with E-state index in [0.29, 0.717) is 0 Å². The third-order valence-electron chi connectivity index (χ3n) is 9.14. The summed E-state index contributed by atoms with van der Waals surface area (Å²) in [6.07, 6.45) is -7.20. The van der Waals surface area contributed by atoms with Crippen LogP contribution in [0.1, 0.15) is 54.6 Å². The Balaban J connectivity index is 1.71. The van der Waals surface area contributed by atoms with Crippen LogP contribution in [0.25, 0.3) is 0 Å². The molecule has 0 aromatic heterocycles. The van der Waals surface area contributed by atoms with Crippen molar-refractivity contribution >= 4 is 40.8 Å². The lowest BCUT2D eigenvalue weighted by Crippen LogP contribution is -2.47. The zero-order valence-electron chi connectivity index (χ0n) is 29.2. The summed E-state index contributed by atoms with van der Waals surface area (Å²) in [5.74, 6) is -4.82. The average Bonchev–Trinajstić information content (AvgIpc) is 3.43. The number of nitrogens with zero attached hydrogens (tertiary/aromatic N) is 1. The van der Waals surface area contributed by atoms with Gasteiger partial charge in [-0.25, -0.2) is 13.6 Å². The van der Waals surface area contributed by atoms with E-state index >= 15 is 8.78 Å². The average molecular weight is 781 g/mol. The largest absolute Gasteiger partial charge is 0.495 e. The molecule has 1 saturated heterocycles. The number of aliphatic hydroxyl groups excluding tert-OH is 5. The van der Waals surface area contributed by atoms with E-state index < -0.39 is 90.0 Å². The van der Waals surface area contributed by atoms with Gasteiger partial charge in [0.2, 0.25) is 5.91 Å². The maximum absolute atomic E-state index is 16.0. The first-order valence-corrected chi connectivity index (χ1v) is 17.2. The van der Waals surface area contributed by atoms with Gasteiger partial charge in [-0.05, 0) is 53.8 Å². The van der Waals surface area contributed by atoms with Gasteiger partial charge in [0, 0.05) is 22.5 Å². The van der Waals surface area contributed by atoms with Gasteiger partial charge in [-0.3, -0.25) is 4.79 Å². The number of methoxy groups -OCH3 is 1. The van der Waals surface area contributed by atoms with E-state index in [1.54, 1.807) is 0 Å². The molecule has 12 nitrogen and oxygen atoms in total. The molecule has 1 amide bonds. The van der Waals surface area contributed by atoms with Crippen molar-refractivity contribution in [1.29, 1.82) is 5.26 Å². The summed E-state index contributed by atoms with van der Waals surface area (Å²) in [5.41, 5.74) is -2.58. The fourth-order valence-corrected chi connectivity index (χ4v) is 6.94. The Kier molecular flexibility index (Phi) is 13.5. The second-order valence-corrected chi connectivity index (χ2v) is 14.8. The van der Waals surface area contributed by atoms with Crippen LogP contribution in [0, 0.1) is 28.4 Å². The van der Waals surface area contributed by atoms with Crippen LogP contribution >= 0.6 is 23.2 Å². The monoisotopic (exact) mass is 779 g/mol. The lowest BCUT2D eigenvalue weighted by atomic mass is 9.62. The molecule has 0 spiro atoms. The van der Waals surface area contributed by atoms with E-state index in [2.05, 4.69) is 16.7 Å². The van der Waals surface area contributed by atoms with E-state index in [0.717, 1.165) is 6.07 Å². The van der Waals surface area contributed by atoms with Gasteiger partial charge < -0.3 is 45.6 Å². The molecule has 1 aliphatic heterocycles. The normalized spacial score (nSPS) is 22.3. The minimum atomic E-state index is -1.95. The molecule has 1 fully saturated rings. The smallest absolute Gasteiger partial charge is 0.338 e. The Morgan fingerprint density at radius 3 is 2.32 bits per heavy atom. The predicted molar refractivity (Wildman–Crippen MR) is 191 cm³/mol. The number of esters is 1. The molecule has 0 unspecified atom stereocenters. The Morgan fingerprint density at radius 2 is 1.72 bits per heavy atom. The first-order chi connectivity index (χ1) is 24.9. The van der Waals surface area contributed by atoms with Crippen molar-refractivity contribution in [2.75, 3.05) is 25.6 Å². The van der Waals surface area contributed by atoms with E-state index in [1.165, 1.54) is 55.6 Å². The Hall–Kier alpha value is -3.91. The zero-order valence-corrected chi connectivity index (χ0v) is 30.7. The van der Waals surface area contributed by atoms with Gasteiger partial charge >= 0.3 is 5.97 Å². The number of benzene rings is 3. The van der Waals surface area contributed by atoms with Crippen molar-refractivity contribution in [2.24, 2.45) is 5.41 Å². The quantitative estimate of drug-likeness (QED) is 0.124.